The number of carbonyl (C=O) groups excluding carboxylic acids is 2. The fraction of sp³-hybridized carbons (Fsp3) is 0.655. The normalized spacial score (nSPS) is 42.2. The summed E-state index contributed by atoms with van der Waals surface area (Å²) in [6.07, 6.45) is 24.2. The number of esters is 2. The van der Waals surface area contributed by atoms with Crippen LogP contribution in [-0.4, -0.2) is 60.0 Å². The molecule has 9 aliphatic heterocycles. The Labute approximate surface area is 387 Å². The third-order valence-corrected chi connectivity index (χ3v) is 21.2. The first-order valence-electron chi connectivity index (χ1n) is 26.9. The molecule has 5 fully saturated rings. The van der Waals surface area contributed by atoms with Crippen molar-refractivity contribution >= 4 is 11.9 Å². The van der Waals surface area contributed by atoms with E-state index in [-0.39, 0.29) is 17.9 Å². The van der Waals surface area contributed by atoms with Gasteiger partial charge < -0.3 is 20.1 Å². The molecular formula is C58H71N3O4. The third-order valence-electron chi connectivity index (χ3n) is 21.2. The lowest BCUT2D eigenvalue weighted by Crippen LogP contribution is -2.77. The predicted octanol–water partition coefficient (Wildman–Crippen LogP) is 10.4. The van der Waals surface area contributed by atoms with Crippen LogP contribution in [0.15, 0.2) is 76.7 Å². The lowest BCUT2D eigenvalue weighted by molar-refractivity contribution is -0.278. The van der Waals surface area contributed by atoms with E-state index in [9.17, 15) is 4.79 Å². The van der Waals surface area contributed by atoms with E-state index in [1.165, 1.54) is 94.1 Å². The molecule has 15 bridgehead atoms. The van der Waals surface area contributed by atoms with E-state index in [4.69, 9.17) is 15.2 Å². The van der Waals surface area contributed by atoms with E-state index in [2.05, 4.69) is 65.3 Å². The molecule has 0 aromatic heterocycles. The summed E-state index contributed by atoms with van der Waals surface area (Å²) in [5.41, 5.74) is 15.8. The van der Waals surface area contributed by atoms with Gasteiger partial charge in [-0.1, -0.05) is 91.8 Å². The zero-order chi connectivity index (χ0) is 43.4. The number of hydrogen-bond acceptors (Lipinski definition) is 7. The lowest BCUT2D eigenvalue weighted by Gasteiger charge is -2.72. The van der Waals surface area contributed by atoms with E-state index < -0.39 is 16.4 Å². The van der Waals surface area contributed by atoms with Crippen LogP contribution < -0.4 is 5.73 Å². The minimum atomic E-state index is -0.964. The molecule has 2 aromatic carbocycles. The van der Waals surface area contributed by atoms with Crippen LogP contribution in [0.1, 0.15) is 149 Å². The molecule has 17 rings (SSSR count). The molecule has 13 unspecified atom stereocenters. The molecule has 0 amide bonds. The second-order valence-electron chi connectivity index (χ2n) is 23.8. The molecule has 2 saturated carbocycles. The van der Waals surface area contributed by atoms with Crippen LogP contribution in [0.3, 0.4) is 0 Å². The molecule has 13 atom stereocenters. The first kappa shape index (κ1) is 40.4. The van der Waals surface area contributed by atoms with Crippen molar-refractivity contribution in [3.8, 4) is 0 Å². The summed E-state index contributed by atoms with van der Waals surface area (Å²) in [4.78, 5) is 37.3. The minimum Gasteiger partial charge on any atom is -0.449 e. The second-order valence-corrected chi connectivity index (χ2v) is 23.8. The monoisotopic (exact) mass is 874 g/mol. The molecular weight excluding hydrogens is 803 g/mol. The van der Waals surface area contributed by atoms with Gasteiger partial charge in [0.05, 0.1) is 11.0 Å². The standard InChI is InChI=1S/C58H71N3O4/c1-34-26-40-19-20-47-42-29-37-31-60(33-42)46(38-13-3-2-4-14-38)21-22-49-56-24-23-43-45-30-41(50(34)52(43)53(40)61(47)32-37)28-36-12-7-11-35(27-36)10-5-6-18-48(57(45,56)55(63)64-49)58(56)44-17-8-15-39(16-9-25-59)51(44)54(62)65-58/h7-8,11-12,15,17,22,27,34,37-38,41-42,46-48,50,52H,2-6,9-10,13-14,16,18-21,23-26,28-33,59H2,1H3. The number of rotatable bonds is 4. The summed E-state index contributed by atoms with van der Waals surface area (Å²) in [6.45, 7) is 6.75. The van der Waals surface area contributed by atoms with Gasteiger partial charge in [0, 0.05) is 54.8 Å². The van der Waals surface area contributed by atoms with Gasteiger partial charge in [-0.05, 0) is 168 Å². The average Bonchev–Trinajstić information content (AvgIpc) is 3.76. The average molecular weight is 874 g/mol. The van der Waals surface area contributed by atoms with Gasteiger partial charge in [0.25, 0.3) is 0 Å². The van der Waals surface area contributed by atoms with Crippen molar-refractivity contribution in [2.75, 3.05) is 26.2 Å². The van der Waals surface area contributed by atoms with Gasteiger partial charge in [-0.3, -0.25) is 9.69 Å². The Morgan fingerprint density at radius 1 is 0.831 bits per heavy atom. The number of ether oxygens (including phenoxy) is 2. The number of piperidine rings is 2. The van der Waals surface area contributed by atoms with Crippen molar-refractivity contribution in [2.45, 2.75) is 153 Å². The Morgan fingerprint density at radius 3 is 2.58 bits per heavy atom. The maximum Gasteiger partial charge on any atom is 0.339 e. The Bertz CT molecular complexity index is 2460. The van der Waals surface area contributed by atoms with E-state index in [1.54, 1.807) is 16.8 Å². The SMILES string of the molecule is CC1CC2=C3C4C5=C6CC(Cc7cccc(c7)CCCCC7C68C(=O)OC(=CCC(C6CCCCC6)N6CC9CC(C6)C(CC2)N3C9)C8(CC5)C72OC(=O)c3c(CCCN)cccc32)C14. The molecule has 2 aromatic rings. The number of carbonyl (C=O) groups is 2. The third kappa shape index (κ3) is 5.22. The zero-order valence-corrected chi connectivity index (χ0v) is 39.0. The summed E-state index contributed by atoms with van der Waals surface area (Å²) >= 11 is 0. The van der Waals surface area contributed by atoms with Crippen molar-refractivity contribution in [2.24, 2.45) is 63.9 Å². The van der Waals surface area contributed by atoms with Gasteiger partial charge in [-0.15, -0.1) is 0 Å². The Morgan fingerprint density at radius 2 is 1.69 bits per heavy atom. The van der Waals surface area contributed by atoms with Crippen molar-refractivity contribution in [1.29, 1.82) is 0 Å². The minimum absolute atomic E-state index is 0.0223. The highest BCUT2D eigenvalue weighted by atomic mass is 16.6. The van der Waals surface area contributed by atoms with Gasteiger partial charge in [-0.2, -0.15) is 0 Å². The molecule has 7 heteroatoms. The van der Waals surface area contributed by atoms with Crippen molar-refractivity contribution in [3.05, 3.63) is 105 Å². The predicted molar refractivity (Wildman–Crippen MR) is 251 cm³/mol. The highest BCUT2D eigenvalue weighted by Gasteiger charge is 2.93. The van der Waals surface area contributed by atoms with Gasteiger partial charge in [0.15, 0.2) is 5.60 Å². The Hall–Kier alpha value is -3.68. The fourth-order valence-electron chi connectivity index (χ4n) is 19.3. The summed E-state index contributed by atoms with van der Waals surface area (Å²) in [5, 5.41) is 0. The zero-order valence-electron chi connectivity index (χ0n) is 39.0. The molecule has 0 radical (unpaired) electrons. The van der Waals surface area contributed by atoms with E-state index in [1.807, 2.05) is 0 Å². The van der Waals surface area contributed by atoms with Crippen LogP contribution in [0.2, 0.25) is 0 Å². The van der Waals surface area contributed by atoms with Crippen LogP contribution >= 0.6 is 0 Å². The molecule has 7 nitrogen and oxygen atoms in total. The van der Waals surface area contributed by atoms with E-state index >= 15 is 4.79 Å². The molecule has 9 heterocycles. The lowest BCUT2D eigenvalue weighted by atomic mass is 9.28. The Balaban J connectivity index is 1.05. The van der Waals surface area contributed by atoms with E-state index in [0.717, 1.165) is 93.1 Å². The van der Waals surface area contributed by atoms with Gasteiger partial charge in [0.1, 0.15) is 11.2 Å². The van der Waals surface area contributed by atoms with Crippen molar-refractivity contribution < 1.29 is 19.1 Å². The van der Waals surface area contributed by atoms with Crippen molar-refractivity contribution in [3.63, 3.8) is 0 Å². The first-order valence-corrected chi connectivity index (χ1v) is 26.9. The van der Waals surface area contributed by atoms with E-state index in [0.29, 0.717) is 60.1 Å². The van der Waals surface area contributed by atoms with Crippen molar-refractivity contribution in [1.82, 2.24) is 9.80 Å². The molecule has 6 aliphatic carbocycles. The van der Waals surface area contributed by atoms with Gasteiger partial charge in [-0.25, -0.2) is 4.79 Å². The highest BCUT2D eigenvalue weighted by Crippen LogP contribution is 2.87. The maximum atomic E-state index is 16.2. The van der Waals surface area contributed by atoms with Crippen LogP contribution in [0.5, 0.6) is 0 Å². The van der Waals surface area contributed by atoms with Crippen LogP contribution in [0, 0.1) is 58.2 Å². The summed E-state index contributed by atoms with van der Waals surface area (Å²) in [7, 11) is 0. The topological polar surface area (TPSA) is 85.1 Å². The number of aryl methyl sites for hydroxylation is 2. The molecule has 342 valence electrons. The van der Waals surface area contributed by atoms with Gasteiger partial charge >= 0.3 is 11.9 Å². The molecule has 3 saturated heterocycles. The Kier molecular flexibility index (Phi) is 9.11. The highest BCUT2D eigenvalue weighted by molar-refractivity contribution is 6.00. The van der Waals surface area contributed by atoms with Gasteiger partial charge in [0.2, 0.25) is 0 Å². The fourth-order valence-corrected chi connectivity index (χ4v) is 19.3. The number of nitrogens with two attached hydrogens (primary N) is 1. The summed E-state index contributed by atoms with van der Waals surface area (Å²) in [6, 6.07) is 17.2. The largest absolute Gasteiger partial charge is 0.449 e. The molecule has 15 aliphatic rings. The number of fused-ring (bicyclic) bond motifs is 7. The van der Waals surface area contributed by atoms with Crippen LogP contribution in [0.25, 0.3) is 0 Å². The number of nitrogens with zero attached hydrogens (tertiary/aromatic N) is 2. The van der Waals surface area contributed by atoms with Crippen LogP contribution in [0.4, 0.5) is 0 Å². The number of benzene rings is 2. The summed E-state index contributed by atoms with van der Waals surface area (Å²) < 4.78 is 14.6. The molecule has 2 N–H and O–H groups in total. The first-order chi connectivity index (χ1) is 31.9. The summed E-state index contributed by atoms with van der Waals surface area (Å²) in [5.74, 6) is 4.35. The number of allylic oxidation sites excluding steroid dienone is 2. The van der Waals surface area contributed by atoms with Crippen LogP contribution in [-0.2, 0) is 39.1 Å². The smallest absolute Gasteiger partial charge is 0.339 e. The molecule has 65 heavy (non-hydrogen) atoms. The second kappa shape index (κ2) is 14.7. The quantitative estimate of drug-likeness (QED) is 0.242. The maximum absolute atomic E-state index is 16.2. The molecule has 3 spiro atoms. The number of hydrogen-bond donors (Lipinski definition) is 1.